The van der Waals surface area contributed by atoms with Crippen LogP contribution in [0.15, 0.2) is 23.0 Å². The van der Waals surface area contributed by atoms with Crippen molar-refractivity contribution in [1.29, 1.82) is 5.26 Å². The quantitative estimate of drug-likeness (QED) is 0.651. The molecule has 1 aliphatic rings. The number of nitrogens with one attached hydrogen (secondary N) is 2. The molecule has 0 bridgehead atoms. The number of halogens is 3. The number of rotatable bonds is 4. The fourth-order valence-electron chi connectivity index (χ4n) is 3.73. The van der Waals surface area contributed by atoms with E-state index in [1.807, 2.05) is 6.92 Å². The van der Waals surface area contributed by atoms with Crippen molar-refractivity contribution < 1.29 is 17.9 Å². The van der Waals surface area contributed by atoms with E-state index in [1.54, 1.807) is 6.07 Å². The summed E-state index contributed by atoms with van der Waals surface area (Å²) in [6, 6.07) is 4.81. The molecule has 0 saturated carbocycles. The predicted molar refractivity (Wildman–Crippen MR) is 106 cm³/mol. The highest BCUT2D eigenvalue weighted by atomic mass is 19.4. The molecule has 0 aliphatic carbocycles. The number of alkyl halides is 3. The largest absolute Gasteiger partial charge is 0.418 e. The van der Waals surface area contributed by atoms with E-state index in [4.69, 9.17) is 10.00 Å². The topological polar surface area (TPSA) is 109 Å². The molecule has 0 radical (unpaired) electrons. The van der Waals surface area contributed by atoms with Gasteiger partial charge in [-0.2, -0.15) is 23.4 Å². The second-order valence-electron chi connectivity index (χ2n) is 7.18. The average Bonchev–Trinajstić information content (AvgIpc) is 3.09. The highest BCUT2D eigenvalue weighted by molar-refractivity contribution is 5.76. The van der Waals surface area contributed by atoms with E-state index in [2.05, 4.69) is 20.3 Å². The smallest absolute Gasteiger partial charge is 0.381 e. The Morgan fingerprint density at radius 3 is 2.71 bits per heavy atom. The van der Waals surface area contributed by atoms with Crippen molar-refractivity contribution >= 4 is 22.8 Å². The maximum absolute atomic E-state index is 13.5. The molecule has 1 saturated heterocycles. The molecular formula is C20H19F3N6O2. The van der Waals surface area contributed by atoms with E-state index in [1.165, 1.54) is 16.7 Å². The molecule has 3 heterocycles. The average molecular weight is 432 g/mol. The van der Waals surface area contributed by atoms with Crippen LogP contribution in [0.3, 0.4) is 0 Å². The SMILES string of the molecule is CCc1nc(Nc2ccc(C#N)cc2C(F)(F)F)nc2c1[nH]c(=O)n2C1CCOCC1. The zero-order valence-electron chi connectivity index (χ0n) is 16.6. The number of aromatic amines is 1. The Balaban J connectivity index is 1.82. The fourth-order valence-corrected chi connectivity index (χ4v) is 3.73. The first-order chi connectivity index (χ1) is 14.8. The lowest BCUT2D eigenvalue weighted by Crippen LogP contribution is -2.27. The van der Waals surface area contributed by atoms with Crippen LogP contribution in [-0.4, -0.2) is 32.7 Å². The summed E-state index contributed by atoms with van der Waals surface area (Å²) < 4.78 is 47.5. The molecule has 11 heteroatoms. The first-order valence-corrected chi connectivity index (χ1v) is 9.79. The Kier molecular flexibility index (Phi) is 5.41. The molecule has 1 fully saturated rings. The first-order valence-electron chi connectivity index (χ1n) is 9.79. The van der Waals surface area contributed by atoms with Gasteiger partial charge in [0, 0.05) is 19.3 Å². The number of hydrogen-bond donors (Lipinski definition) is 2. The van der Waals surface area contributed by atoms with E-state index >= 15 is 0 Å². The van der Waals surface area contributed by atoms with Crippen LogP contribution < -0.4 is 11.0 Å². The summed E-state index contributed by atoms with van der Waals surface area (Å²) in [6.45, 7) is 2.86. The lowest BCUT2D eigenvalue weighted by molar-refractivity contribution is -0.136. The summed E-state index contributed by atoms with van der Waals surface area (Å²) in [4.78, 5) is 24.1. The molecule has 4 rings (SSSR count). The molecule has 1 aliphatic heterocycles. The standard InChI is InChI=1S/C20H19F3N6O2/c1-2-14-16-17(29(19(30)27-16)12-5-7-31-8-6-12)28-18(25-14)26-15-4-3-11(10-24)9-13(15)20(21,22)23/h3-4,9,12H,2,5-8H2,1H3,(H,27,30)(H,25,26,28). The third-order valence-corrected chi connectivity index (χ3v) is 5.24. The van der Waals surface area contributed by atoms with Crippen LogP contribution in [0, 0.1) is 11.3 Å². The van der Waals surface area contributed by atoms with E-state index in [9.17, 15) is 18.0 Å². The normalized spacial score (nSPS) is 15.2. The predicted octanol–water partition coefficient (Wildman–Crippen LogP) is 3.67. The number of H-pyrrole nitrogens is 1. The number of nitriles is 1. The highest BCUT2D eigenvalue weighted by Gasteiger charge is 2.34. The number of hydrogen-bond acceptors (Lipinski definition) is 6. The Bertz CT molecular complexity index is 1220. The molecular weight excluding hydrogens is 413 g/mol. The summed E-state index contributed by atoms with van der Waals surface area (Å²) in [5.74, 6) is -0.0561. The minimum absolute atomic E-state index is 0.0561. The number of fused-ring (bicyclic) bond motifs is 1. The number of nitrogens with zero attached hydrogens (tertiary/aromatic N) is 4. The molecule has 162 valence electrons. The minimum Gasteiger partial charge on any atom is -0.381 e. The summed E-state index contributed by atoms with van der Waals surface area (Å²) in [5, 5.41) is 11.6. The van der Waals surface area contributed by atoms with Gasteiger partial charge in [-0.1, -0.05) is 6.92 Å². The van der Waals surface area contributed by atoms with Crippen molar-refractivity contribution in [3.8, 4) is 6.07 Å². The van der Waals surface area contributed by atoms with Crippen LogP contribution in [0.2, 0.25) is 0 Å². The molecule has 0 atom stereocenters. The third-order valence-electron chi connectivity index (χ3n) is 5.24. The van der Waals surface area contributed by atoms with E-state index in [0.29, 0.717) is 49.3 Å². The van der Waals surface area contributed by atoms with Gasteiger partial charge in [0.1, 0.15) is 5.52 Å². The van der Waals surface area contributed by atoms with Gasteiger partial charge in [0.2, 0.25) is 5.95 Å². The van der Waals surface area contributed by atoms with Gasteiger partial charge in [0.25, 0.3) is 0 Å². The minimum atomic E-state index is -4.68. The van der Waals surface area contributed by atoms with E-state index < -0.39 is 11.7 Å². The van der Waals surface area contributed by atoms with Gasteiger partial charge in [-0.05, 0) is 37.5 Å². The number of benzene rings is 1. The molecule has 2 N–H and O–H groups in total. The van der Waals surface area contributed by atoms with Crippen molar-refractivity contribution in [1.82, 2.24) is 19.5 Å². The zero-order valence-corrected chi connectivity index (χ0v) is 16.6. The van der Waals surface area contributed by atoms with Crippen LogP contribution in [0.1, 0.15) is 42.6 Å². The molecule has 2 aromatic heterocycles. The summed E-state index contributed by atoms with van der Waals surface area (Å²) in [6.07, 6.45) is -2.96. The molecule has 0 spiro atoms. The van der Waals surface area contributed by atoms with Gasteiger partial charge >= 0.3 is 11.9 Å². The Labute approximate surface area is 174 Å². The summed E-state index contributed by atoms with van der Waals surface area (Å²) in [5.41, 5.74) is -0.390. The molecule has 8 nitrogen and oxygen atoms in total. The van der Waals surface area contributed by atoms with Crippen molar-refractivity contribution in [2.45, 2.75) is 38.4 Å². The first kappa shape index (κ1) is 20.9. The molecule has 31 heavy (non-hydrogen) atoms. The van der Waals surface area contributed by atoms with E-state index in [0.717, 1.165) is 6.07 Å². The monoisotopic (exact) mass is 432 g/mol. The Morgan fingerprint density at radius 2 is 2.06 bits per heavy atom. The van der Waals surface area contributed by atoms with Crippen LogP contribution in [0.4, 0.5) is 24.8 Å². The third kappa shape index (κ3) is 3.98. The number of anilines is 2. The van der Waals surface area contributed by atoms with Gasteiger partial charge < -0.3 is 15.0 Å². The molecule has 0 amide bonds. The summed E-state index contributed by atoms with van der Waals surface area (Å²) >= 11 is 0. The second kappa shape index (κ2) is 8.03. The van der Waals surface area contributed by atoms with Crippen LogP contribution in [-0.2, 0) is 17.3 Å². The van der Waals surface area contributed by atoms with Crippen molar-refractivity contribution in [3.63, 3.8) is 0 Å². The maximum atomic E-state index is 13.5. The van der Waals surface area contributed by atoms with Gasteiger partial charge in [0.15, 0.2) is 5.65 Å². The number of aryl methyl sites for hydroxylation is 1. The van der Waals surface area contributed by atoms with Gasteiger partial charge in [-0.25, -0.2) is 9.78 Å². The number of aromatic nitrogens is 4. The van der Waals surface area contributed by atoms with Crippen molar-refractivity contribution in [2.75, 3.05) is 18.5 Å². The Morgan fingerprint density at radius 1 is 1.32 bits per heavy atom. The molecule has 0 unspecified atom stereocenters. The number of ether oxygens (including phenoxy) is 1. The van der Waals surface area contributed by atoms with E-state index in [-0.39, 0.29) is 28.9 Å². The fraction of sp³-hybridized carbons (Fsp3) is 0.400. The van der Waals surface area contributed by atoms with Gasteiger partial charge in [-0.3, -0.25) is 4.57 Å². The highest BCUT2D eigenvalue weighted by Crippen LogP contribution is 2.36. The number of imidazole rings is 1. The van der Waals surface area contributed by atoms with Crippen molar-refractivity contribution in [2.24, 2.45) is 0 Å². The Hall–Kier alpha value is -3.39. The maximum Gasteiger partial charge on any atom is 0.418 e. The lowest BCUT2D eigenvalue weighted by Gasteiger charge is -2.23. The summed E-state index contributed by atoms with van der Waals surface area (Å²) in [7, 11) is 0. The van der Waals surface area contributed by atoms with Crippen LogP contribution in [0.5, 0.6) is 0 Å². The molecule has 3 aromatic rings. The van der Waals surface area contributed by atoms with Gasteiger partial charge in [0.05, 0.1) is 28.6 Å². The van der Waals surface area contributed by atoms with Crippen LogP contribution in [0.25, 0.3) is 11.2 Å². The zero-order chi connectivity index (χ0) is 22.2. The lowest BCUT2D eigenvalue weighted by atomic mass is 10.1. The molecule has 1 aromatic carbocycles. The van der Waals surface area contributed by atoms with Crippen LogP contribution >= 0.6 is 0 Å². The van der Waals surface area contributed by atoms with Crippen molar-refractivity contribution in [3.05, 3.63) is 45.5 Å². The second-order valence-corrected chi connectivity index (χ2v) is 7.18. The van der Waals surface area contributed by atoms with Gasteiger partial charge in [-0.15, -0.1) is 0 Å².